The zero-order valence-corrected chi connectivity index (χ0v) is 35.1. The minimum atomic E-state index is -0.789. The van der Waals surface area contributed by atoms with Crippen LogP contribution >= 0.6 is 0 Å². The second-order valence-electron chi connectivity index (χ2n) is 16.8. The molecule has 0 amide bonds. The first kappa shape index (κ1) is 49.5. The van der Waals surface area contributed by atoms with Crippen LogP contribution in [-0.2, 0) is 28.4 Å². The molecule has 0 spiro atoms. The van der Waals surface area contributed by atoms with Gasteiger partial charge in [-0.05, 0) is 104 Å². The minimum Gasteiger partial charge on any atom is -0.459 e. The fourth-order valence-electron chi connectivity index (χ4n) is 8.00. The second-order valence-corrected chi connectivity index (χ2v) is 16.8. The maximum atomic E-state index is 12.8. The van der Waals surface area contributed by atoms with Crippen molar-refractivity contribution in [1.82, 2.24) is 0 Å². The zero-order valence-electron chi connectivity index (χ0n) is 37.1. The number of cyclic esters (lactones) is 2. The van der Waals surface area contributed by atoms with Gasteiger partial charge in [0.1, 0.15) is 24.4 Å². The van der Waals surface area contributed by atoms with Crippen molar-refractivity contribution in [2.75, 3.05) is 0 Å². The number of esters is 2. The lowest BCUT2D eigenvalue weighted by atomic mass is 9.95. The molecule has 59 heavy (non-hydrogen) atoms. The van der Waals surface area contributed by atoms with E-state index in [-0.39, 0.29) is 70.7 Å². The van der Waals surface area contributed by atoms with E-state index in [0.29, 0.717) is 30.4 Å². The Balaban J connectivity index is 0.000000560. The van der Waals surface area contributed by atoms with Crippen molar-refractivity contribution < 1.29 is 46.1 Å². The molecule has 2 aromatic rings. The summed E-state index contributed by atoms with van der Waals surface area (Å²) in [7, 11) is 0. The molecule has 2 unspecified atom stereocenters. The summed E-state index contributed by atoms with van der Waals surface area (Å²) in [5.74, 6) is -1.71. The predicted octanol–water partition coefficient (Wildman–Crippen LogP) is 11.6. The molecule has 4 aliphatic heterocycles. The molecule has 8 atom stereocenters. The maximum Gasteiger partial charge on any atom is 0.339 e. The van der Waals surface area contributed by atoms with Crippen molar-refractivity contribution in [1.29, 1.82) is 0 Å². The van der Waals surface area contributed by atoms with E-state index < -0.39 is 23.8 Å². The van der Waals surface area contributed by atoms with Gasteiger partial charge in [-0.15, -0.1) is 0 Å². The standard InChI is InChI=1S/C24H32O4.C23H30O5.3CH4.H2/c1-15-13-17(3)21-19(14-15)11-8-12-20-22(28-24(5,6)27-20)16(2)9-7-10-18(4)26-23(21)25;1-14-12-15(2)20-17(13-14)9-7-11-19-21(28-23(4,5)27-19)18(24)10-6-8-16(3)26-22(20)25;;;;/h7-9,11,13-14,16,18,20,22H,10,12H2,1-6H3;6-7,9-10,12-13,16,18-19,21,24H,8,11H2,1-5H3;3*1H4;1H/b9-7-,11-8?;9-7?,10-6-;;;;/t16?,18-,20-,22+;16-,18?,19-,21+;;;;/m00..../s1/i;;;;;1+1D. The van der Waals surface area contributed by atoms with Crippen molar-refractivity contribution in [2.45, 2.75) is 178 Å². The van der Waals surface area contributed by atoms with Crippen LogP contribution in [0.3, 0.4) is 0 Å². The van der Waals surface area contributed by atoms with Crippen LogP contribution in [0.15, 0.2) is 60.7 Å². The highest BCUT2D eigenvalue weighted by atomic mass is 16.8. The average Bonchev–Trinajstić information content (AvgIpc) is 3.61. The summed E-state index contributed by atoms with van der Waals surface area (Å²) in [6.07, 6.45) is 16.2. The fraction of sp³-hybridized carbons (Fsp3) is 0.560. The molecule has 0 aliphatic carbocycles. The first-order valence-electron chi connectivity index (χ1n) is 21.0. The molecule has 0 radical (unpaired) electrons. The monoisotopic (exact) mass is 823 g/mol. The van der Waals surface area contributed by atoms with Crippen LogP contribution in [0.25, 0.3) is 12.2 Å². The molecule has 2 aromatic carbocycles. The van der Waals surface area contributed by atoms with Crippen LogP contribution < -0.4 is 0 Å². The topological polar surface area (TPSA) is 110 Å². The van der Waals surface area contributed by atoms with Crippen molar-refractivity contribution in [3.05, 3.63) is 105 Å². The highest BCUT2D eigenvalue weighted by Crippen LogP contribution is 2.36. The van der Waals surface area contributed by atoms with E-state index in [1.807, 2.05) is 118 Å². The Kier molecular flexibility index (Phi) is 18.1. The van der Waals surface area contributed by atoms with Gasteiger partial charge in [-0.25, -0.2) is 9.59 Å². The van der Waals surface area contributed by atoms with Crippen LogP contribution in [0.4, 0.5) is 0 Å². The van der Waals surface area contributed by atoms with Crippen molar-refractivity contribution in [3.63, 3.8) is 0 Å². The molecule has 330 valence electrons. The van der Waals surface area contributed by atoms with Gasteiger partial charge in [-0.2, -0.15) is 0 Å². The first-order chi connectivity index (χ1) is 27.3. The molecule has 4 aliphatic rings. The summed E-state index contributed by atoms with van der Waals surface area (Å²) < 4.78 is 45.6. The minimum absolute atomic E-state index is 0. The van der Waals surface area contributed by atoms with Crippen molar-refractivity contribution >= 4 is 24.1 Å². The Morgan fingerprint density at radius 1 is 0.593 bits per heavy atom. The van der Waals surface area contributed by atoms with Crippen LogP contribution in [0.1, 0.15) is 153 Å². The molecular formula is C50H76O9. The van der Waals surface area contributed by atoms with Crippen LogP contribution in [0, 0.1) is 33.6 Å². The lowest BCUT2D eigenvalue weighted by Gasteiger charge is -2.21. The quantitative estimate of drug-likeness (QED) is 0.205. The van der Waals surface area contributed by atoms with Gasteiger partial charge in [-0.1, -0.05) is 113 Å². The molecule has 9 heteroatoms. The Bertz CT molecular complexity index is 1730. The Morgan fingerprint density at radius 2 is 1.00 bits per heavy atom. The van der Waals surface area contributed by atoms with E-state index in [1.165, 1.54) is 0 Å². The molecule has 9 nitrogen and oxygen atoms in total. The molecule has 6 rings (SSSR count). The molecule has 1 N–H and O–H groups in total. The van der Waals surface area contributed by atoms with E-state index in [4.69, 9.17) is 31.4 Å². The largest absolute Gasteiger partial charge is 0.459 e. The Labute approximate surface area is 358 Å². The third kappa shape index (κ3) is 13.6. The zero-order chi connectivity index (χ0) is 42.9. The van der Waals surface area contributed by atoms with Gasteiger partial charge in [0.05, 0.1) is 29.4 Å². The van der Waals surface area contributed by atoms with Gasteiger partial charge >= 0.3 is 11.9 Å². The Morgan fingerprint density at radius 3 is 1.46 bits per heavy atom. The fourth-order valence-corrected chi connectivity index (χ4v) is 8.00. The van der Waals surface area contributed by atoms with Gasteiger partial charge in [0.2, 0.25) is 0 Å². The molecule has 0 saturated carbocycles. The molecule has 2 fully saturated rings. The maximum absolute atomic E-state index is 12.8. The molecular weight excluding hydrogens is 745 g/mol. The van der Waals surface area contributed by atoms with Gasteiger partial charge in [-0.3, -0.25) is 0 Å². The van der Waals surface area contributed by atoms with E-state index in [9.17, 15) is 14.7 Å². The summed E-state index contributed by atoms with van der Waals surface area (Å²) >= 11 is 0. The summed E-state index contributed by atoms with van der Waals surface area (Å²) in [6.45, 7) is 21.5. The van der Waals surface area contributed by atoms with Gasteiger partial charge in [0.15, 0.2) is 11.6 Å². The van der Waals surface area contributed by atoms with Crippen molar-refractivity contribution in [2.24, 2.45) is 5.92 Å². The number of benzene rings is 2. The number of aliphatic hydroxyl groups is 1. The van der Waals surface area contributed by atoms with Crippen LogP contribution in [-0.4, -0.2) is 71.3 Å². The third-order valence-corrected chi connectivity index (χ3v) is 10.4. The number of hydrogen-bond donors (Lipinski definition) is 1. The number of ether oxygens (including phenoxy) is 6. The van der Waals surface area contributed by atoms with Gasteiger partial charge < -0.3 is 33.5 Å². The summed E-state index contributed by atoms with van der Waals surface area (Å²) in [4.78, 5) is 25.6. The lowest BCUT2D eigenvalue weighted by Crippen LogP contribution is -2.34. The summed E-state index contributed by atoms with van der Waals surface area (Å²) in [5.41, 5.74) is 7.00. The first-order valence-corrected chi connectivity index (χ1v) is 20.0. The van der Waals surface area contributed by atoms with Crippen LogP contribution in [0.5, 0.6) is 0 Å². The second kappa shape index (κ2) is 21.6. The number of hydrogen-bond acceptors (Lipinski definition) is 9. The number of carbonyl (C=O) groups is 2. The number of aliphatic hydroxyl groups excluding tert-OH is 1. The average molecular weight is 823 g/mol. The number of fused-ring (bicyclic) bond motifs is 4. The number of aryl methyl sites for hydroxylation is 4. The van der Waals surface area contributed by atoms with E-state index in [1.54, 1.807) is 6.08 Å². The SMILES string of the molecule is C.C.C.Cc1cc(C)c2c(c1)C=CC[C@@H]1OC(C)(C)O[C@@H]1C(C)/C=C\C[C@H](C)OC2=O.Cc1cc(C)c2c(c1)C=CC[C@@H]1OC(C)(C)O[C@@H]1C(O)/C=C\C[C@H](C)OC2=O.[2H][2H]. The van der Waals surface area contributed by atoms with Crippen LogP contribution in [0.2, 0.25) is 0 Å². The third-order valence-electron chi connectivity index (χ3n) is 10.4. The molecule has 4 heterocycles. The smallest absolute Gasteiger partial charge is 0.339 e. The Hall–Kier alpha value is -3.86. The highest BCUT2D eigenvalue weighted by Gasteiger charge is 2.44. The van der Waals surface area contributed by atoms with Gasteiger partial charge in [0, 0.05) is 21.7 Å². The lowest BCUT2D eigenvalue weighted by molar-refractivity contribution is -0.152. The molecule has 0 aromatic heterocycles. The van der Waals surface area contributed by atoms with E-state index in [2.05, 4.69) is 25.2 Å². The highest BCUT2D eigenvalue weighted by molar-refractivity contribution is 5.96. The molecule has 0 bridgehead atoms. The predicted molar refractivity (Wildman–Crippen MR) is 242 cm³/mol. The summed E-state index contributed by atoms with van der Waals surface area (Å²) in [5, 5.41) is 10.6. The number of rotatable bonds is 0. The number of carbonyl (C=O) groups excluding carboxylic acids is 2. The van der Waals surface area contributed by atoms with E-state index >= 15 is 0 Å². The molecule has 2 saturated heterocycles. The normalized spacial score (nSPS) is 30.0. The van der Waals surface area contributed by atoms with E-state index in [0.717, 1.165) is 39.8 Å². The summed E-state index contributed by atoms with van der Waals surface area (Å²) in [6, 6.07) is 8.03. The van der Waals surface area contributed by atoms with Crippen molar-refractivity contribution in [3.8, 4) is 0 Å². The van der Waals surface area contributed by atoms with Gasteiger partial charge in [0.25, 0.3) is 0 Å².